The third-order valence-electron chi connectivity index (χ3n) is 1.10. The Morgan fingerprint density at radius 2 is 1.75 bits per heavy atom. The number of rotatable bonds is 1. The fraction of sp³-hybridized carbons (Fsp3) is 0.750. The number of nitrogens with zero attached hydrogens (tertiary/aromatic N) is 2. The maximum Gasteiger partial charge on any atom is 0.314 e. The molecule has 0 fully saturated rings. The highest BCUT2D eigenvalue weighted by molar-refractivity contribution is 5.88. The molecule has 12 heavy (non-hydrogen) atoms. The van der Waals surface area contributed by atoms with E-state index in [1.165, 1.54) is 7.11 Å². The molecule has 0 atom stereocenters. The molecule has 0 saturated carbocycles. The van der Waals surface area contributed by atoms with Gasteiger partial charge in [-0.25, -0.2) is 4.99 Å². The van der Waals surface area contributed by atoms with Crippen molar-refractivity contribution in [2.45, 2.75) is 26.8 Å². The van der Waals surface area contributed by atoms with Gasteiger partial charge in [-0.15, -0.1) is 0 Å². The lowest BCUT2D eigenvalue weighted by atomic mass is 10.4. The largest absolute Gasteiger partial charge is 0.484 e. The summed E-state index contributed by atoms with van der Waals surface area (Å²) in [6.07, 6.45) is 0. The highest BCUT2D eigenvalue weighted by atomic mass is 16.5. The Kier molecular flexibility index (Phi) is 5.08. The molecule has 0 aromatic rings. The molecule has 0 heterocycles. The Labute approximate surface area is 73.3 Å². The molecule has 70 valence electrons. The van der Waals surface area contributed by atoms with Crippen molar-refractivity contribution >= 4 is 11.9 Å². The van der Waals surface area contributed by atoms with Gasteiger partial charge >= 0.3 is 6.02 Å². The predicted molar refractivity (Wildman–Crippen MR) is 49.7 cm³/mol. The van der Waals surface area contributed by atoms with Crippen LogP contribution in [0.1, 0.15) is 20.8 Å². The van der Waals surface area contributed by atoms with Crippen molar-refractivity contribution in [2.75, 3.05) is 14.2 Å². The van der Waals surface area contributed by atoms with Gasteiger partial charge in [0.05, 0.1) is 14.2 Å². The Morgan fingerprint density at radius 1 is 1.17 bits per heavy atom. The van der Waals surface area contributed by atoms with Crippen LogP contribution >= 0.6 is 0 Å². The van der Waals surface area contributed by atoms with Crippen molar-refractivity contribution in [3.63, 3.8) is 0 Å². The number of aliphatic imine (C=N–C) groups is 2. The van der Waals surface area contributed by atoms with Crippen molar-refractivity contribution in [3.8, 4) is 0 Å². The van der Waals surface area contributed by atoms with Crippen LogP contribution in [0.5, 0.6) is 0 Å². The molecule has 0 unspecified atom stereocenters. The van der Waals surface area contributed by atoms with Crippen LogP contribution in [0.4, 0.5) is 0 Å². The van der Waals surface area contributed by atoms with Crippen molar-refractivity contribution in [1.29, 1.82) is 0 Å². The van der Waals surface area contributed by atoms with Crippen LogP contribution in [-0.2, 0) is 9.47 Å². The molecule has 0 saturated heterocycles. The molecular formula is C8H16N2O2. The summed E-state index contributed by atoms with van der Waals surface area (Å²) in [7, 11) is 3.09. The van der Waals surface area contributed by atoms with E-state index < -0.39 is 0 Å². The fourth-order valence-electron chi connectivity index (χ4n) is 0.528. The van der Waals surface area contributed by atoms with Crippen LogP contribution in [0.15, 0.2) is 9.98 Å². The molecular weight excluding hydrogens is 156 g/mol. The molecule has 0 radical (unpaired) electrons. The van der Waals surface area contributed by atoms with E-state index >= 15 is 0 Å². The topological polar surface area (TPSA) is 43.2 Å². The SMILES string of the molecule is COC(C)=NC(=NC(C)C)OC. The average Bonchev–Trinajstić information content (AvgIpc) is 2.02. The lowest BCUT2D eigenvalue weighted by Crippen LogP contribution is -2.06. The summed E-state index contributed by atoms with van der Waals surface area (Å²) in [5.41, 5.74) is 0. The second-order valence-corrected chi connectivity index (χ2v) is 2.54. The van der Waals surface area contributed by atoms with Gasteiger partial charge in [0.2, 0.25) is 0 Å². The molecule has 0 spiro atoms. The smallest absolute Gasteiger partial charge is 0.314 e. The summed E-state index contributed by atoms with van der Waals surface area (Å²) in [5.74, 6) is 0.538. The van der Waals surface area contributed by atoms with Gasteiger partial charge in [0.15, 0.2) is 5.90 Å². The normalized spacial score (nSPS) is 13.5. The van der Waals surface area contributed by atoms with Gasteiger partial charge in [-0.1, -0.05) is 0 Å². The maximum atomic E-state index is 4.92. The van der Waals surface area contributed by atoms with Crippen molar-refractivity contribution in [1.82, 2.24) is 0 Å². The molecule has 0 aromatic heterocycles. The molecule has 0 rings (SSSR count). The highest BCUT2D eigenvalue weighted by Gasteiger charge is 1.98. The lowest BCUT2D eigenvalue weighted by molar-refractivity contribution is 0.378. The van der Waals surface area contributed by atoms with Crippen LogP contribution in [0.25, 0.3) is 0 Å². The minimum Gasteiger partial charge on any atom is -0.484 e. The van der Waals surface area contributed by atoms with E-state index in [2.05, 4.69) is 9.98 Å². The molecule has 0 N–H and O–H groups in total. The first kappa shape index (κ1) is 10.9. The van der Waals surface area contributed by atoms with Crippen molar-refractivity contribution < 1.29 is 9.47 Å². The predicted octanol–water partition coefficient (Wildman–Crippen LogP) is 1.46. The van der Waals surface area contributed by atoms with E-state index in [0.29, 0.717) is 11.9 Å². The van der Waals surface area contributed by atoms with E-state index in [9.17, 15) is 0 Å². The fourth-order valence-corrected chi connectivity index (χ4v) is 0.528. The zero-order valence-electron chi connectivity index (χ0n) is 8.29. The molecule has 0 aromatic carbocycles. The molecule has 0 aliphatic heterocycles. The molecule has 4 nitrogen and oxygen atoms in total. The van der Waals surface area contributed by atoms with Gasteiger partial charge in [-0.3, -0.25) is 0 Å². The van der Waals surface area contributed by atoms with E-state index in [-0.39, 0.29) is 6.04 Å². The van der Waals surface area contributed by atoms with Crippen molar-refractivity contribution in [3.05, 3.63) is 0 Å². The van der Waals surface area contributed by atoms with Crippen LogP contribution in [0.3, 0.4) is 0 Å². The standard InChI is InChI=1S/C8H16N2O2/c1-6(2)9-8(12-5)10-7(3)11-4/h6H,1-5H3. The van der Waals surface area contributed by atoms with E-state index in [1.807, 2.05) is 13.8 Å². The Balaban J connectivity index is 4.36. The summed E-state index contributed by atoms with van der Waals surface area (Å²) in [4.78, 5) is 8.09. The van der Waals surface area contributed by atoms with Gasteiger partial charge in [-0.2, -0.15) is 4.99 Å². The van der Waals surface area contributed by atoms with Crippen LogP contribution in [0.2, 0.25) is 0 Å². The second kappa shape index (κ2) is 5.57. The van der Waals surface area contributed by atoms with Gasteiger partial charge in [0.25, 0.3) is 0 Å². The van der Waals surface area contributed by atoms with Crippen LogP contribution < -0.4 is 0 Å². The van der Waals surface area contributed by atoms with Gasteiger partial charge in [0, 0.05) is 13.0 Å². The van der Waals surface area contributed by atoms with E-state index in [0.717, 1.165) is 0 Å². The van der Waals surface area contributed by atoms with E-state index in [1.54, 1.807) is 14.0 Å². The summed E-state index contributed by atoms with van der Waals surface area (Å²) in [5, 5.41) is 0. The minimum absolute atomic E-state index is 0.174. The van der Waals surface area contributed by atoms with Crippen LogP contribution in [0, 0.1) is 0 Å². The Bertz CT molecular complexity index is 185. The molecule has 0 aliphatic rings. The van der Waals surface area contributed by atoms with Gasteiger partial charge in [0.1, 0.15) is 0 Å². The number of ether oxygens (including phenoxy) is 2. The Hall–Kier alpha value is -1.06. The summed E-state index contributed by atoms with van der Waals surface area (Å²) in [6.45, 7) is 5.65. The first-order chi connectivity index (χ1) is 5.60. The number of methoxy groups -OCH3 is 2. The minimum atomic E-state index is 0.174. The summed E-state index contributed by atoms with van der Waals surface area (Å²) >= 11 is 0. The maximum absolute atomic E-state index is 4.92. The molecule has 4 heteroatoms. The van der Waals surface area contributed by atoms with Gasteiger partial charge in [-0.05, 0) is 13.8 Å². The first-order valence-electron chi connectivity index (χ1n) is 3.81. The first-order valence-corrected chi connectivity index (χ1v) is 3.81. The molecule has 0 aliphatic carbocycles. The van der Waals surface area contributed by atoms with Gasteiger partial charge < -0.3 is 9.47 Å². The van der Waals surface area contributed by atoms with E-state index in [4.69, 9.17) is 9.47 Å². The number of hydrogen-bond acceptors (Lipinski definition) is 3. The lowest BCUT2D eigenvalue weighted by Gasteiger charge is -2.02. The second-order valence-electron chi connectivity index (χ2n) is 2.54. The average molecular weight is 172 g/mol. The summed E-state index contributed by atoms with van der Waals surface area (Å²) in [6, 6.07) is 0.526. The van der Waals surface area contributed by atoms with Crippen LogP contribution in [-0.4, -0.2) is 32.2 Å². The zero-order valence-corrected chi connectivity index (χ0v) is 8.29. The quantitative estimate of drug-likeness (QED) is 0.444. The summed E-state index contributed by atoms with van der Waals surface area (Å²) < 4.78 is 9.77. The third kappa shape index (κ3) is 4.71. The molecule has 0 amide bonds. The zero-order chi connectivity index (χ0) is 9.56. The monoisotopic (exact) mass is 172 g/mol. The van der Waals surface area contributed by atoms with Crippen molar-refractivity contribution in [2.24, 2.45) is 9.98 Å². The number of hydrogen-bond donors (Lipinski definition) is 0. The number of amidine groups is 1. The molecule has 0 bridgehead atoms. The third-order valence-corrected chi connectivity index (χ3v) is 1.10. The highest BCUT2D eigenvalue weighted by Crippen LogP contribution is 1.92. The Morgan fingerprint density at radius 3 is 2.08 bits per heavy atom.